The van der Waals surface area contributed by atoms with Crippen molar-refractivity contribution in [3.63, 3.8) is 0 Å². The van der Waals surface area contributed by atoms with Gasteiger partial charge in [-0.15, -0.1) is 0 Å². The molecule has 0 aromatic rings. The molecule has 3 amide bonds. The Morgan fingerprint density at radius 2 is 0.950 bits per heavy atom. The molecule has 2 N–H and O–H groups in total. The number of carboxylic acids is 1. The fraction of sp³-hybridized carbons (Fsp3) is 0.760. The summed E-state index contributed by atoms with van der Waals surface area (Å²) in [5, 5.41) is 11.1. The molecule has 0 fully saturated rings. The molecule has 1 aliphatic rings. The maximum atomic E-state index is 11.7. The van der Waals surface area contributed by atoms with E-state index in [1.165, 1.54) is 12.2 Å². The first-order chi connectivity index (χ1) is 19.5. The van der Waals surface area contributed by atoms with Gasteiger partial charge in [0.05, 0.1) is 99.1 Å². The van der Waals surface area contributed by atoms with Crippen LogP contribution in [0.3, 0.4) is 0 Å². The number of ether oxygens (including phenoxy) is 8. The summed E-state index contributed by atoms with van der Waals surface area (Å²) in [5.41, 5.74) is 0. The van der Waals surface area contributed by atoms with Crippen molar-refractivity contribution < 1.29 is 62.2 Å². The predicted octanol–water partition coefficient (Wildman–Crippen LogP) is -1.36. The lowest BCUT2D eigenvalue weighted by molar-refractivity contribution is -0.143. The summed E-state index contributed by atoms with van der Waals surface area (Å²) in [4.78, 5) is 45.8. The highest BCUT2D eigenvalue weighted by molar-refractivity contribution is 6.13. The lowest BCUT2D eigenvalue weighted by Crippen LogP contribution is -2.35. The average Bonchev–Trinajstić information content (AvgIpc) is 3.25. The molecule has 0 spiro atoms. The number of aliphatic carboxylic acids is 1. The number of amides is 3. The van der Waals surface area contributed by atoms with E-state index < -0.39 is 17.8 Å². The maximum absolute atomic E-state index is 11.7. The third kappa shape index (κ3) is 21.3. The molecule has 0 atom stereocenters. The number of rotatable bonds is 29. The van der Waals surface area contributed by atoms with Crippen LogP contribution in [0, 0.1) is 0 Å². The van der Waals surface area contributed by atoms with Crippen molar-refractivity contribution >= 4 is 23.7 Å². The van der Waals surface area contributed by atoms with Crippen molar-refractivity contribution in [1.82, 2.24) is 10.2 Å². The van der Waals surface area contributed by atoms with Crippen molar-refractivity contribution in [1.29, 1.82) is 0 Å². The fourth-order valence-electron chi connectivity index (χ4n) is 2.91. The first-order valence-corrected chi connectivity index (χ1v) is 13.1. The summed E-state index contributed by atoms with van der Waals surface area (Å²) in [6, 6.07) is 0. The number of hydrogen-bond donors (Lipinski definition) is 2. The summed E-state index contributed by atoms with van der Waals surface area (Å²) >= 11 is 0. The van der Waals surface area contributed by atoms with E-state index in [1.807, 2.05) is 0 Å². The number of imide groups is 1. The standard InChI is InChI=1S/C25H42N2O13/c28-22(3-5-27-23(29)1-2-24(27)30)26-4-6-33-7-8-34-9-10-35-11-12-36-13-14-37-15-16-38-17-18-39-19-20-40-21-25(31)32/h1-2H,3-21H2,(H,26,28)(H,31,32). The quantitative estimate of drug-likeness (QED) is 0.0786. The van der Waals surface area contributed by atoms with Crippen LogP contribution in [0.1, 0.15) is 6.42 Å². The number of carbonyl (C=O) groups is 4. The van der Waals surface area contributed by atoms with Gasteiger partial charge in [-0.3, -0.25) is 19.3 Å². The van der Waals surface area contributed by atoms with E-state index in [1.54, 1.807) is 0 Å². The van der Waals surface area contributed by atoms with Gasteiger partial charge < -0.3 is 48.3 Å². The lowest BCUT2D eigenvalue weighted by atomic mass is 10.3. The highest BCUT2D eigenvalue weighted by Crippen LogP contribution is 2.03. The van der Waals surface area contributed by atoms with E-state index in [4.69, 9.17) is 43.0 Å². The zero-order chi connectivity index (χ0) is 29.1. The molecule has 0 saturated carbocycles. The molecule has 15 heteroatoms. The van der Waals surface area contributed by atoms with Crippen LogP contribution in [0.4, 0.5) is 0 Å². The van der Waals surface area contributed by atoms with Gasteiger partial charge in [0.2, 0.25) is 5.91 Å². The van der Waals surface area contributed by atoms with E-state index in [-0.39, 0.29) is 32.1 Å². The van der Waals surface area contributed by atoms with Crippen LogP contribution in [0.25, 0.3) is 0 Å². The Morgan fingerprint density at radius 1 is 0.600 bits per heavy atom. The fourth-order valence-corrected chi connectivity index (χ4v) is 2.91. The number of nitrogens with one attached hydrogen (secondary N) is 1. The largest absolute Gasteiger partial charge is 0.480 e. The van der Waals surface area contributed by atoms with E-state index in [0.29, 0.717) is 99.0 Å². The first kappa shape index (κ1) is 35.5. The molecular formula is C25H42N2O13. The molecular weight excluding hydrogens is 536 g/mol. The van der Waals surface area contributed by atoms with E-state index >= 15 is 0 Å². The van der Waals surface area contributed by atoms with E-state index in [0.717, 1.165) is 4.90 Å². The third-order valence-electron chi connectivity index (χ3n) is 4.86. The van der Waals surface area contributed by atoms with Crippen molar-refractivity contribution in [3.05, 3.63) is 12.2 Å². The van der Waals surface area contributed by atoms with Gasteiger partial charge in [-0.2, -0.15) is 0 Å². The summed E-state index contributed by atoms with van der Waals surface area (Å²) in [7, 11) is 0. The molecule has 0 aliphatic carbocycles. The summed E-state index contributed by atoms with van der Waals surface area (Å²) in [6.07, 6.45) is 2.42. The Bertz CT molecular complexity index is 718. The van der Waals surface area contributed by atoms with Gasteiger partial charge in [-0.05, 0) is 0 Å². The van der Waals surface area contributed by atoms with Crippen molar-refractivity contribution in [2.24, 2.45) is 0 Å². The molecule has 0 saturated heterocycles. The monoisotopic (exact) mass is 578 g/mol. The van der Waals surface area contributed by atoms with Crippen LogP contribution < -0.4 is 5.32 Å². The van der Waals surface area contributed by atoms with Crippen LogP contribution in [0.2, 0.25) is 0 Å². The molecule has 1 rings (SSSR count). The Labute approximate surface area is 233 Å². The number of hydrogen-bond acceptors (Lipinski definition) is 12. The predicted molar refractivity (Wildman–Crippen MR) is 138 cm³/mol. The molecule has 0 aromatic heterocycles. The maximum Gasteiger partial charge on any atom is 0.329 e. The van der Waals surface area contributed by atoms with E-state index in [2.05, 4.69) is 5.32 Å². The molecule has 0 bridgehead atoms. The van der Waals surface area contributed by atoms with Gasteiger partial charge >= 0.3 is 5.97 Å². The van der Waals surface area contributed by atoms with Gasteiger partial charge in [0.15, 0.2) is 0 Å². The molecule has 0 radical (unpaired) electrons. The number of carbonyl (C=O) groups excluding carboxylic acids is 3. The summed E-state index contributed by atoms with van der Waals surface area (Å²) in [5.74, 6) is -2.07. The minimum absolute atomic E-state index is 0.0485. The van der Waals surface area contributed by atoms with E-state index in [9.17, 15) is 19.2 Å². The van der Waals surface area contributed by atoms with Gasteiger partial charge in [0.25, 0.3) is 11.8 Å². The highest BCUT2D eigenvalue weighted by atomic mass is 16.6. The molecule has 230 valence electrons. The second kappa shape index (κ2) is 25.5. The zero-order valence-electron chi connectivity index (χ0n) is 22.9. The second-order valence-corrected chi connectivity index (χ2v) is 7.99. The number of nitrogens with zero attached hydrogens (tertiary/aromatic N) is 1. The molecule has 40 heavy (non-hydrogen) atoms. The average molecular weight is 579 g/mol. The Kier molecular flexibility index (Phi) is 22.6. The number of carboxylic acid groups (broad SMARTS) is 1. The van der Waals surface area contributed by atoms with Crippen LogP contribution >= 0.6 is 0 Å². The third-order valence-corrected chi connectivity index (χ3v) is 4.86. The summed E-state index contributed by atoms with van der Waals surface area (Å²) < 4.78 is 42.4. The minimum Gasteiger partial charge on any atom is -0.480 e. The van der Waals surface area contributed by atoms with Gasteiger partial charge in [-0.1, -0.05) is 0 Å². The minimum atomic E-state index is -1.01. The van der Waals surface area contributed by atoms with Crippen LogP contribution in [0.15, 0.2) is 12.2 Å². The Morgan fingerprint density at radius 3 is 1.32 bits per heavy atom. The molecule has 1 aliphatic heterocycles. The van der Waals surface area contributed by atoms with Crippen LogP contribution in [0.5, 0.6) is 0 Å². The molecule has 0 unspecified atom stereocenters. The smallest absolute Gasteiger partial charge is 0.329 e. The van der Waals surface area contributed by atoms with Crippen molar-refractivity contribution in [2.75, 3.05) is 119 Å². The zero-order valence-corrected chi connectivity index (χ0v) is 22.9. The van der Waals surface area contributed by atoms with Crippen LogP contribution in [-0.2, 0) is 57.1 Å². The van der Waals surface area contributed by atoms with Crippen molar-refractivity contribution in [2.45, 2.75) is 6.42 Å². The molecule has 0 aromatic carbocycles. The summed E-state index contributed by atoms with van der Waals surface area (Å²) in [6.45, 7) is 6.06. The van der Waals surface area contributed by atoms with Gasteiger partial charge in [-0.25, -0.2) is 4.79 Å². The van der Waals surface area contributed by atoms with Crippen molar-refractivity contribution in [3.8, 4) is 0 Å². The van der Waals surface area contributed by atoms with Gasteiger partial charge in [0.1, 0.15) is 6.61 Å². The normalized spacial score (nSPS) is 12.9. The topological polar surface area (TPSA) is 178 Å². The molecule has 1 heterocycles. The molecule has 15 nitrogen and oxygen atoms in total. The second-order valence-electron chi connectivity index (χ2n) is 7.99. The Balaban J connectivity index is 1.69. The lowest BCUT2D eigenvalue weighted by Gasteiger charge is -2.13. The Hall–Kier alpha value is -2.50. The first-order valence-electron chi connectivity index (χ1n) is 13.1. The highest BCUT2D eigenvalue weighted by Gasteiger charge is 2.23. The van der Waals surface area contributed by atoms with Gasteiger partial charge in [0, 0.05) is 31.7 Å². The SMILES string of the molecule is O=C(O)COCCOCCOCCOCCOCCOCCOCCOCCNC(=O)CCN1C(=O)C=CC1=O. The van der Waals surface area contributed by atoms with Crippen LogP contribution in [-0.4, -0.2) is 152 Å².